The number of hydrogen-bond donors (Lipinski definition) is 2. The highest BCUT2D eigenvalue weighted by atomic mass is 79.9. The lowest BCUT2D eigenvalue weighted by atomic mass is 10.4. The highest BCUT2D eigenvalue weighted by Gasteiger charge is 2.11. The molecule has 0 saturated heterocycles. The van der Waals surface area contributed by atoms with Gasteiger partial charge in [0.05, 0.1) is 18.7 Å². The van der Waals surface area contributed by atoms with Crippen molar-refractivity contribution in [2.45, 2.75) is 0 Å². The van der Waals surface area contributed by atoms with E-state index in [0.717, 1.165) is 4.47 Å². The van der Waals surface area contributed by atoms with Crippen LogP contribution in [0.2, 0.25) is 0 Å². The summed E-state index contributed by atoms with van der Waals surface area (Å²) in [5, 5.41) is 9.94. The third-order valence-corrected chi connectivity index (χ3v) is 3.09. The lowest BCUT2D eigenvalue weighted by Crippen LogP contribution is -2.01. The first kappa shape index (κ1) is 17.4. The number of aromatic amines is 1. The van der Waals surface area contributed by atoms with Crippen molar-refractivity contribution < 1.29 is 19.1 Å². The zero-order chi connectivity index (χ0) is 17.7. The number of ether oxygens (including phenoxy) is 2. The van der Waals surface area contributed by atoms with E-state index in [1.165, 1.54) is 24.8 Å². The van der Waals surface area contributed by atoms with Crippen LogP contribution in [0.5, 0.6) is 0 Å². The van der Waals surface area contributed by atoms with E-state index in [0.29, 0.717) is 5.65 Å². The highest BCUT2D eigenvalue weighted by Crippen LogP contribution is 2.10. The van der Waals surface area contributed by atoms with Crippen molar-refractivity contribution >= 4 is 39.3 Å². The van der Waals surface area contributed by atoms with Gasteiger partial charge in [-0.25, -0.2) is 19.1 Å². The van der Waals surface area contributed by atoms with Crippen LogP contribution in [0.1, 0.15) is 21.0 Å². The third kappa shape index (κ3) is 4.07. The van der Waals surface area contributed by atoms with Gasteiger partial charge in [-0.1, -0.05) is 0 Å². The number of nitrogens with one attached hydrogen (secondary N) is 1. The number of nitrogens with zero attached hydrogens (tertiary/aromatic N) is 4. The Labute approximate surface area is 144 Å². The number of esters is 2. The van der Waals surface area contributed by atoms with Gasteiger partial charge < -0.3 is 15.2 Å². The van der Waals surface area contributed by atoms with Crippen LogP contribution in [0.15, 0.2) is 29.0 Å². The predicted molar refractivity (Wildman–Crippen MR) is 86.4 cm³/mol. The van der Waals surface area contributed by atoms with E-state index in [1.807, 2.05) is 0 Å². The van der Waals surface area contributed by atoms with Gasteiger partial charge in [-0.15, -0.1) is 0 Å². The van der Waals surface area contributed by atoms with Crippen LogP contribution in [0, 0.1) is 0 Å². The molecule has 0 aliphatic rings. The maximum atomic E-state index is 11.1. The standard InChI is InChI=1S/C8H6BrN3O2.C5H7N3O2/c1-14-8(13)6-2-7-10-3-5(9)4-12(7)11-6;1-10-5(9)3-2-4(6)8-7-3/h2-4H,1H3;2H,1H3,(H3,6,7,8). The predicted octanol–water partition coefficient (Wildman–Crippen LogP) is 1.06. The molecule has 3 aromatic heterocycles. The second-order valence-corrected chi connectivity index (χ2v) is 5.21. The van der Waals surface area contributed by atoms with Gasteiger partial charge in [0.15, 0.2) is 11.3 Å². The number of H-pyrrole nitrogens is 1. The van der Waals surface area contributed by atoms with E-state index in [4.69, 9.17) is 5.73 Å². The van der Waals surface area contributed by atoms with E-state index < -0.39 is 11.9 Å². The van der Waals surface area contributed by atoms with Crippen molar-refractivity contribution in [1.29, 1.82) is 0 Å². The summed E-state index contributed by atoms with van der Waals surface area (Å²) >= 11 is 3.26. The number of fused-ring (bicyclic) bond motifs is 1. The van der Waals surface area contributed by atoms with Crippen molar-refractivity contribution in [2.24, 2.45) is 0 Å². The lowest BCUT2D eigenvalue weighted by molar-refractivity contribution is 0.0585. The van der Waals surface area contributed by atoms with Crippen molar-refractivity contribution in [3.63, 3.8) is 0 Å². The molecule has 3 heterocycles. The topological polar surface area (TPSA) is 137 Å². The summed E-state index contributed by atoms with van der Waals surface area (Å²) in [6, 6.07) is 2.98. The molecule has 3 aromatic rings. The van der Waals surface area contributed by atoms with Gasteiger partial charge in [0.1, 0.15) is 11.5 Å². The van der Waals surface area contributed by atoms with Crippen LogP contribution in [-0.2, 0) is 9.47 Å². The number of carbonyl (C=O) groups excluding carboxylic acids is 2. The summed E-state index contributed by atoms with van der Waals surface area (Å²) in [6.07, 6.45) is 3.35. The van der Waals surface area contributed by atoms with E-state index in [1.54, 1.807) is 18.5 Å². The third-order valence-electron chi connectivity index (χ3n) is 2.68. The summed E-state index contributed by atoms with van der Waals surface area (Å²) in [4.78, 5) is 25.9. The van der Waals surface area contributed by atoms with Crippen LogP contribution in [0.4, 0.5) is 5.82 Å². The van der Waals surface area contributed by atoms with E-state index in [9.17, 15) is 9.59 Å². The average Bonchev–Trinajstić information content (AvgIpc) is 3.19. The van der Waals surface area contributed by atoms with Gasteiger partial charge >= 0.3 is 11.9 Å². The molecule has 24 heavy (non-hydrogen) atoms. The van der Waals surface area contributed by atoms with Gasteiger partial charge in [0.25, 0.3) is 0 Å². The maximum absolute atomic E-state index is 11.1. The molecule has 0 aliphatic heterocycles. The number of anilines is 1. The summed E-state index contributed by atoms with van der Waals surface area (Å²) < 4.78 is 11.2. The number of aromatic nitrogens is 5. The first-order valence-electron chi connectivity index (χ1n) is 6.43. The summed E-state index contributed by atoms with van der Waals surface area (Å²) in [5.41, 5.74) is 6.34. The molecule has 0 atom stereocenters. The molecule has 0 saturated carbocycles. The molecule has 3 N–H and O–H groups in total. The number of nitrogen functional groups attached to an aromatic ring is 1. The molecule has 126 valence electrons. The zero-order valence-corrected chi connectivity index (χ0v) is 14.3. The molecule has 0 unspecified atom stereocenters. The molecule has 0 spiro atoms. The van der Waals surface area contributed by atoms with Crippen molar-refractivity contribution in [1.82, 2.24) is 24.8 Å². The van der Waals surface area contributed by atoms with Crippen molar-refractivity contribution in [2.75, 3.05) is 20.0 Å². The minimum Gasteiger partial charge on any atom is -0.464 e. The summed E-state index contributed by atoms with van der Waals surface area (Å²) in [6.45, 7) is 0. The monoisotopic (exact) mass is 396 g/mol. The summed E-state index contributed by atoms with van der Waals surface area (Å²) in [5.74, 6) is -0.656. The Morgan fingerprint density at radius 2 is 1.96 bits per heavy atom. The molecule has 10 nitrogen and oxygen atoms in total. The quantitative estimate of drug-likeness (QED) is 0.613. The first-order valence-corrected chi connectivity index (χ1v) is 7.22. The van der Waals surface area contributed by atoms with Crippen molar-refractivity contribution in [3.8, 4) is 0 Å². The fourth-order valence-electron chi connectivity index (χ4n) is 1.61. The van der Waals surface area contributed by atoms with Gasteiger partial charge in [0, 0.05) is 24.5 Å². The normalized spacial score (nSPS) is 9.96. The first-order chi connectivity index (χ1) is 11.4. The largest absolute Gasteiger partial charge is 0.464 e. The SMILES string of the molecule is COC(=O)c1cc(N)n[nH]1.COC(=O)c1cc2ncc(Br)cn2n1. The van der Waals surface area contributed by atoms with Crippen LogP contribution in [0.25, 0.3) is 5.65 Å². The van der Waals surface area contributed by atoms with Crippen molar-refractivity contribution in [3.05, 3.63) is 40.4 Å². The Balaban J connectivity index is 0.000000185. The van der Waals surface area contributed by atoms with E-state index in [-0.39, 0.29) is 17.2 Å². The molecule has 0 aliphatic carbocycles. The lowest BCUT2D eigenvalue weighted by Gasteiger charge is -1.91. The Morgan fingerprint density at radius 3 is 2.54 bits per heavy atom. The number of carbonyl (C=O) groups is 2. The molecule has 0 bridgehead atoms. The maximum Gasteiger partial charge on any atom is 0.358 e. The van der Waals surface area contributed by atoms with Gasteiger partial charge in [-0.3, -0.25) is 5.10 Å². The average molecular weight is 397 g/mol. The van der Waals surface area contributed by atoms with E-state index in [2.05, 4.69) is 45.7 Å². The molecular weight excluding hydrogens is 384 g/mol. The van der Waals surface area contributed by atoms with Crippen LogP contribution >= 0.6 is 15.9 Å². The minimum absolute atomic E-state index is 0.248. The molecule has 11 heteroatoms. The number of nitrogens with two attached hydrogens (primary N) is 1. The Bertz CT molecular complexity index is 874. The Hall–Kier alpha value is -2.95. The van der Waals surface area contributed by atoms with Crippen LogP contribution < -0.4 is 5.73 Å². The highest BCUT2D eigenvalue weighted by molar-refractivity contribution is 9.10. The molecule has 0 amide bonds. The number of methoxy groups -OCH3 is 2. The minimum atomic E-state index is -0.468. The molecule has 0 fully saturated rings. The van der Waals surface area contributed by atoms with Gasteiger partial charge in [-0.05, 0) is 15.9 Å². The Morgan fingerprint density at radius 1 is 1.25 bits per heavy atom. The fourth-order valence-corrected chi connectivity index (χ4v) is 1.91. The second kappa shape index (κ2) is 7.55. The zero-order valence-electron chi connectivity index (χ0n) is 12.7. The molecule has 0 radical (unpaired) electrons. The Kier molecular flexibility index (Phi) is 5.47. The molecule has 3 rings (SSSR count). The van der Waals surface area contributed by atoms with Gasteiger partial charge in [-0.2, -0.15) is 10.2 Å². The fraction of sp³-hybridized carbons (Fsp3) is 0.154. The summed E-state index contributed by atoms with van der Waals surface area (Å²) in [7, 11) is 2.61. The smallest absolute Gasteiger partial charge is 0.358 e. The van der Waals surface area contributed by atoms with Crippen LogP contribution in [0.3, 0.4) is 0 Å². The molecule has 0 aromatic carbocycles. The van der Waals surface area contributed by atoms with Gasteiger partial charge in [0.2, 0.25) is 0 Å². The second-order valence-electron chi connectivity index (χ2n) is 4.29. The van der Waals surface area contributed by atoms with E-state index >= 15 is 0 Å². The number of halogens is 1. The number of hydrogen-bond acceptors (Lipinski definition) is 8. The van der Waals surface area contributed by atoms with Crippen LogP contribution in [-0.4, -0.2) is 51.0 Å². The molecular formula is C13H13BrN6O4. The number of rotatable bonds is 2.